The molecule has 1 heterocycles. The van der Waals surface area contributed by atoms with Crippen LogP contribution >= 0.6 is 12.4 Å². The van der Waals surface area contributed by atoms with Gasteiger partial charge in [0.15, 0.2) is 0 Å². The second-order valence-corrected chi connectivity index (χ2v) is 6.81. The molecule has 2 aromatic rings. The molecule has 2 aromatic carbocycles. The number of carbonyl (C=O) groups is 1. The minimum Gasteiger partial charge on any atom is -0.396 e. The number of amides is 1. The van der Waals surface area contributed by atoms with Gasteiger partial charge in [0.25, 0.3) is 0 Å². The Bertz CT molecular complexity index is 765. The van der Waals surface area contributed by atoms with Crippen LogP contribution in [0.3, 0.4) is 0 Å². The molecule has 0 bridgehead atoms. The molecule has 4 N–H and O–H groups in total. The summed E-state index contributed by atoms with van der Waals surface area (Å²) in [4.78, 5) is 13.9. The number of rotatable bonds is 6. The molecule has 0 saturated carbocycles. The van der Waals surface area contributed by atoms with Crippen molar-refractivity contribution in [2.75, 3.05) is 19.8 Å². The highest BCUT2D eigenvalue weighted by Crippen LogP contribution is 2.27. The van der Waals surface area contributed by atoms with E-state index in [1.807, 2.05) is 0 Å². The third-order valence-corrected chi connectivity index (χ3v) is 4.95. The summed E-state index contributed by atoms with van der Waals surface area (Å²) in [6, 6.07) is 14.0. The van der Waals surface area contributed by atoms with Crippen LogP contribution < -0.4 is 5.73 Å². The van der Waals surface area contributed by atoms with Gasteiger partial charge >= 0.3 is 0 Å². The summed E-state index contributed by atoms with van der Waals surface area (Å²) >= 11 is 0. The number of nitrogens with two attached hydrogens (primary N) is 1. The van der Waals surface area contributed by atoms with Gasteiger partial charge in [0.2, 0.25) is 5.91 Å². The lowest BCUT2D eigenvalue weighted by Crippen LogP contribution is -2.47. The van der Waals surface area contributed by atoms with Crippen molar-refractivity contribution in [3.05, 3.63) is 59.2 Å². The molecular weight excluding hydrogens is 364 g/mol. The third-order valence-electron chi connectivity index (χ3n) is 4.95. The van der Waals surface area contributed by atoms with Crippen LogP contribution in [0.5, 0.6) is 0 Å². The van der Waals surface area contributed by atoms with E-state index in [4.69, 9.17) is 15.9 Å². The van der Waals surface area contributed by atoms with Gasteiger partial charge in [-0.05, 0) is 47.1 Å². The van der Waals surface area contributed by atoms with E-state index in [2.05, 4.69) is 42.5 Å². The summed E-state index contributed by atoms with van der Waals surface area (Å²) in [5.74, 6) is -0.194. The fourth-order valence-corrected chi connectivity index (χ4v) is 3.38. The first kappa shape index (κ1) is 21.4. The Kier molecular flexibility index (Phi) is 7.80. The Balaban J connectivity index is 0.00000261. The van der Waals surface area contributed by atoms with Crippen molar-refractivity contribution in [2.24, 2.45) is 5.73 Å². The van der Waals surface area contributed by atoms with Crippen molar-refractivity contribution in [3.63, 3.8) is 0 Å². The molecule has 27 heavy (non-hydrogen) atoms. The van der Waals surface area contributed by atoms with Gasteiger partial charge in [-0.15, -0.1) is 12.4 Å². The standard InChI is InChI=1S/C21H26N2O3.ClH/c22-20(14-25)21(26)23-10-9-18-12-17(7-8-19(18)13-23)16-5-3-15(4-6-16)2-1-11-24;/h3-8,12,20,24-25H,1-2,9-11,13-14,22H2;1H/t20-;/m1./s1. The molecule has 1 aliphatic heterocycles. The molecule has 1 aliphatic rings. The second-order valence-electron chi connectivity index (χ2n) is 6.81. The number of nitrogens with zero attached hydrogens (tertiary/aromatic N) is 1. The summed E-state index contributed by atoms with van der Waals surface area (Å²) in [6.45, 7) is 1.07. The average molecular weight is 391 g/mol. The normalized spacial score (nSPS) is 14.3. The van der Waals surface area contributed by atoms with E-state index in [-0.39, 0.29) is 31.5 Å². The number of hydrogen-bond acceptors (Lipinski definition) is 4. The van der Waals surface area contributed by atoms with Gasteiger partial charge in [-0.3, -0.25) is 4.79 Å². The molecule has 146 valence electrons. The van der Waals surface area contributed by atoms with Crippen LogP contribution in [0.15, 0.2) is 42.5 Å². The Labute approximate surface area is 166 Å². The quantitative estimate of drug-likeness (QED) is 0.703. The van der Waals surface area contributed by atoms with Crippen molar-refractivity contribution in [2.45, 2.75) is 31.8 Å². The number of aliphatic hydroxyl groups is 2. The zero-order valence-corrected chi connectivity index (χ0v) is 16.1. The van der Waals surface area contributed by atoms with E-state index < -0.39 is 6.04 Å². The Hall–Kier alpha value is -1.92. The summed E-state index contributed by atoms with van der Waals surface area (Å²) in [5.41, 5.74) is 11.6. The Morgan fingerprint density at radius 2 is 1.78 bits per heavy atom. The fourth-order valence-electron chi connectivity index (χ4n) is 3.38. The smallest absolute Gasteiger partial charge is 0.242 e. The first-order valence-electron chi connectivity index (χ1n) is 9.09. The molecule has 3 rings (SSSR count). The zero-order chi connectivity index (χ0) is 18.5. The molecular formula is C21H27ClN2O3. The van der Waals surface area contributed by atoms with E-state index in [1.165, 1.54) is 22.3 Å². The van der Waals surface area contributed by atoms with Gasteiger partial charge in [-0.2, -0.15) is 0 Å². The number of fused-ring (bicyclic) bond motifs is 1. The average Bonchev–Trinajstić information content (AvgIpc) is 2.70. The van der Waals surface area contributed by atoms with Crippen molar-refractivity contribution in [1.29, 1.82) is 0 Å². The molecule has 0 fully saturated rings. The fraction of sp³-hybridized carbons (Fsp3) is 0.381. The van der Waals surface area contributed by atoms with Gasteiger partial charge in [-0.25, -0.2) is 0 Å². The van der Waals surface area contributed by atoms with E-state index in [0.29, 0.717) is 13.1 Å². The number of aliphatic hydroxyl groups excluding tert-OH is 2. The van der Waals surface area contributed by atoms with Crippen molar-refractivity contribution < 1.29 is 15.0 Å². The summed E-state index contributed by atoms with van der Waals surface area (Å²) < 4.78 is 0. The van der Waals surface area contributed by atoms with Crippen LogP contribution in [-0.4, -0.2) is 46.8 Å². The summed E-state index contributed by atoms with van der Waals surface area (Å²) in [5, 5.41) is 18.0. The number of benzene rings is 2. The molecule has 0 aromatic heterocycles. The molecule has 5 nitrogen and oxygen atoms in total. The highest BCUT2D eigenvalue weighted by molar-refractivity contribution is 5.85. The molecule has 1 amide bonds. The number of halogens is 1. The molecule has 0 unspecified atom stereocenters. The SMILES string of the molecule is Cl.N[C@H](CO)C(=O)N1CCc2cc(-c3ccc(CCCO)cc3)ccc2C1. The second kappa shape index (κ2) is 9.85. The van der Waals surface area contributed by atoms with Crippen molar-refractivity contribution in [1.82, 2.24) is 4.90 Å². The number of carbonyl (C=O) groups excluding carboxylic acids is 1. The highest BCUT2D eigenvalue weighted by atomic mass is 35.5. The van der Waals surface area contributed by atoms with E-state index >= 15 is 0 Å². The number of hydrogen-bond donors (Lipinski definition) is 3. The summed E-state index contributed by atoms with van der Waals surface area (Å²) in [6.07, 6.45) is 2.47. The molecule has 1 atom stereocenters. The highest BCUT2D eigenvalue weighted by Gasteiger charge is 2.24. The Morgan fingerprint density at radius 1 is 1.07 bits per heavy atom. The van der Waals surface area contributed by atoms with Gasteiger partial charge < -0.3 is 20.8 Å². The van der Waals surface area contributed by atoms with Crippen LogP contribution in [0, 0.1) is 0 Å². The van der Waals surface area contributed by atoms with Crippen molar-refractivity contribution >= 4 is 18.3 Å². The van der Waals surface area contributed by atoms with Gasteiger partial charge in [0, 0.05) is 19.7 Å². The van der Waals surface area contributed by atoms with Crippen LogP contribution in [0.4, 0.5) is 0 Å². The first-order valence-corrected chi connectivity index (χ1v) is 9.09. The minimum atomic E-state index is -0.833. The monoisotopic (exact) mass is 390 g/mol. The molecule has 0 aliphatic carbocycles. The van der Waals surface area contributed by atoms with Crippen LogP contribution in [-0.2, 0) is 24.2 Å². The maximum Gasteiger partial charge on any atom is 0.242 e. The maximum atomic E-state index is 12.2. The maximum absolute atomic E-state index is 12.2. The topological polar surface area (TPSA) is 86.8 Å². The lowest BCUT2D eigenvalue weighted by molar-refractivity contribution is -0.134. The molecule has 0 radical (unpaired) electrons. The van der Waals surface area contributed by atoms with E-state index in [9.17, 15) is 4.79 Å². The summed E-state index contributed by atoms with van der Waals surface area (Å²) in [7, 11) is 0. The van der Waals surface area contributed by atoms with E-state index in [0.717, 1.165) is 24.8 Å². The molecule has 0 saturated heterocycles. The first-order chi connectivity index (χ1) is 12.6. The number of aryl methyl sites for hydroxylation is 1. The van der Waals surface area contributed by atoms with Crippen LogP contribution in [0.25, 0.3) is 11.1 Å². The molecule has 0 spiro atoms. The predicted molar refractivity (Wildman–Crippen MR) is 109 cm³/mol. The zero-order valence-electron chi connectivity index (χ0n) is 15.3. The Morgan fingerprint density at radius 3 is 2.44 bits per heavy atom. The largest absolute Gasteiger partial charge is 0.396 e. The van der Waals surface area contributed by atoms with E-state index in [1.54, 1.807) is 4.90 Å². The lowest BCUT2D eigenvalue weighted by atomic mass is 9.94. The van der Waals surface area contributed by atoms with Crippen LogP contribution in [0.2, 0.25) is 0 Å². The molecule has 6 heteroatoms. The van der Waals surface area contributed by atoms with Gasteiger partial charge in [0.1, 0.15) is 6.04 Å². The minimum absolute atomic E-state index is 0. The predicted octanol–water partition coefficient (Wildman–Crippen LogP) is 1.90. The van der Waals surface area contributed by atoms with Gasteiger partial charge in [-0.1, -0.05) is 42.5 Å². The third kappa shape index (κ3) is 5.08. The lowest BCUT2D eigenvalue weighted by Gasteiger charge is -2.30. The van der Waals surface area contributed by atoms with Crippen LogP contribution in [0.1, 0.15) is 23.1 Å². The van der Waals surface area contributed by atoms with Crippen molar-refractivity contribution in [3.8, 4) is 11.1 Å². The van der Waals surface area contributed by atoms with Gasteiger partial charge in [0.05, 0.1) is 6.61 Å².